The monoisotopic (exact) mass is 396 g/mol. The van der Waals surface area contributed by atoms with Crippen molar-refractivity contribution < 1.29 is 13.9 Å². The van der Waals surface area contributed by atoms with E-state index in [0.29, 0.717) is 5.92 Å². The minimum absolute atomic E-state index is 0.130. The molecule has 2 aromatic rings. The molecular formula is C26H33FO2. The first-order chi connectivity index (χ1) is 14.1. The van der Waals surface area contributed by atoms with E-state index in [-0.39, 0.29) is 12.5 Å². The van der Waals surface area contributed by atoms with Crippen LogP contribution in [0.15, 0.2) is 48.5 Å². The minimum atomic E-state index is -1.47. The van der Waals surface area contributed by atoms with Crippen LogP contribution >= 0.6 is 0 Å². The van der Waals surface area contributed by atoms with Gasteiger partial charge in [-0.3, -0.25) is 0 Å². The molecule has 2 nitrogen and oxygen atoms in total. The first kappa shape index (κ1) is 21.5. The van der Waals surface area contributed by atoms with Gasteiger partial charge in [-0.05, 0) is 66.7 Å². The number of ether oxygens (including phenoxy) is 1. The molecule has 0 unspecified atom stereocenters. The van der Waals surface area contributed by atoms with Crippen LogP contribution in [0.2, 0.25) is 0 Å². The molecule has 1 aliphatic carbocycles. The van der Waals surface area contributed by atoms with E-state index in [9.17, 15) is 9.18 Å². The average molecular weight is 397 g/mol. The molecule has 0 amide bonds. The molecule has 1 saturated carbocycles. The summed E-state index contributed by atoms with van der Waals surface area (Å²) < 4.78 is 19.2. The quantitative estimate of drug-likeness (QED) is 0.448. The fraction of sp³-hybridized carbons (Fsp3) is 0.500. The van der Waals surface area contributed by atoms with Crippen molar-refractivity contribution >= 4 is 5.97 Å². The van der Waals surface area contributed by atoms with Crippen LogP contribution in [0.25, 0.3) is 11.1 Å². The van der Waals surface area contributed by atoms with Crippen LogP contribution in [0.1, 0.15) is 75.8 Å². The molecule has 1 aliphatic rings. The topological polar surface area (TPSA) is 26.3 Å². The third-order valence-corrected chi connectivity index (χ3v) is 6.10. The fourth-order valence-corrected chi connectivity index (χ4v) is 4.13. The lowest BCUT2D eigenvalue weighted by Gasteiger charge is -2.29. The van der Waals surface area contributed by atoms with E-state index in [4.69, 9.17) is 4.74 Å². The summed E-state index contributed by atoms with van der Waals surface area (Å²) >= 11 is 0. The molecule has 0 radical (unpaired) electrons. The maximum Gasteiger partial charge on any atom is 0.340 e. The van der Waals surface area contributed by atoms with Gasteiger partial charge in [-0.25, -0.2) is 9.18 Å². The molecule has 0 spiro atoms. The van der Waals surface area contributed by atoms with E-state index in [2.05, 4.69) is 55.5 Å². The lowest BCUT2D eigenvalue weighted by atomic mass is 9.82. The second kappa shape index (κ2) is 10.6. The predicted molar refractivity (Wildman–Crippen MR) is 117 cm³/mol. The molecule has 2 aromatic carbocycles. The zero-order valence-electron chi connectivity index (χ0n) is 17.7. The van der Waals surface area contributed by atoms with Gasteiger partial charge in [0.1, 0.15) is 6.10 Å². The maximum absolute atomic E-state index is 13.8. The number of aryl methyl sites for hydroxylation is 1. The number of carbonyl (C=O) groups excluding carboxylic acids is 1. The number of unbranched alkanes of at least 4 members (excludes halogenated alkanes) is 1. The lowest BCUT2D eigenvalue weighted by molar-refractivity contribution is -0.157. The second-order valence-corrected chi connectivity index (χ2v) is 8.19. The van der Waals surface area contributed by atoms with Crippen LogP contribution in [0.4, 0.5) is 4.39 Å². The van der Waals surface area contributed by atoms with Gasteiger partial charge >= 0.3 is 5.97 Å². The molecule has 29 heavy (non-hydrogen) atoms. The summed E-state index contributed by atoms with van der Waals surface area (Å²) in [4.78, 5) is 11.9. The molecule has 0 N–H and O–H groups in total. The van der Waals surface area contributed by atoms with Crippen LogP contribution in [0.5, 0.6) is 0 Å². The second-order valence-electron chi connectivity index (χ2n) is 8.19. The predicted octanol–water partition coefficient (Wildman–Crippen LogP) is 7.01. The summed E-state index contributed by atoms with van der Waals surface area (Å²) in [5, 5.41) is 0. The molecule has 1 atom stereocenters. The number of halogens is 1. The molecule has 3 rings (SSSR count). The normalized spacial score (nSPS) is 20.2. The zero-order chi connectivity index (χ0) is 20.6. The Bertz CT molecular complexity index is 758. The fourth-order valence-electron chi connectivity index (χ4n) is 4.13. The van der Waals surface area contributed by atoms with E-state index < -0.39 is 12.1 Å². The molecule has 0 aromatic heterocycles. The van der Waals surface area contributed by atoms with Crippen LogP contribution in [0.3, 0.4) is 0 Å². The van der Waals surface area contributed by atoms with Crippen molar-refractivity contribution in [1.82, 2.24) is 0 Å². The number of benzene rings is 2. The smallest absolute Gasteiger partial charge is 0.340 e. The molecule has 0 saturated heterocycles. The van der Waals surface area contributed by atoms with Crippen molar-refractivity contribution in [3.63, 3.8) is 0 Å². The average Bonchev–Trinajstić information content (AvgIpc) is 2.78. The van der Waals surface area contributed by atoms with E-state index >= 15 is 0 Å². The van der Waals surface area contributed by atoms with Gasteiger partial charge in [-0.1, -0.05) is 75.2 Å². The van der Waals surface area contributed by atoms with Gasteiger partial charge in [0.25, 0.3) is 0 Å². The van der Waals surface area contributed by atoms with Gasteiger partial charge in [-0.15, -0.1) is 0 Å². The summed E-state index contributed by atoms with van der Waals surface area (Å²) in [6, 6.07) is 17.6. The highest BCUT2D eigenvalue weighted by Crippen LogP contribution is 2.35. The third-order valence-electron chi connectivity index (χ3n) is 6.10. The minimum Gasteiger partial charge on any atom is -0.460 e. The van der Waals surface area contributed by atoms with Crippen molar-refractivity contribution in [3.8, 4) is 11.1 Å². The Labute approximate surface area is 174 Å². The summed E-state index contributed by atoms with van der Waals surface area (Å²) in [6.45, 7) is 4.16. The van der Waals surface area contributed by atoms with Crippen LogP contribution in [-0.2, 0) is 16.0 Å². The van der Waals surface area contributed by atoms with Crippen LogP contribution in [0, 0.1) is 0 Å². The molecule has 0 aliphatic heterocycles. The number of hydrogen-bond donors (Lipinski definition) is 0. The largest absolute Gasteiger partial charge is 0.460 e. The van der Waals surface area contributed by atoms with Crippen LogP contribution < -0.4 is 0 Å². The molecular weight excluding hydrogens is 363 g/mol. The Morgan fingerprint density at radius 3 is 2.10 bits per heavy atom. The van der Waals surface area contributed by atoms with Crippen molar-refractivity contribution in [2.45, 2.75) is 83.4 Å². The van der Waals surface area contributed by atoms with E-state index in [1.54, 1.807) is 0 Å². The van der Waals surface area contributed by atoms with Crippen molar-refractivity contribution in [3.05, 3.63) is 59.7 Å². The van der Waals surface area contributed by atoms with E-state index in [1.807, 2.05) is 6.92 Å². The van der Waals surface area contributed by atoms with Gasteiger partial charge in [0, 0.05) is 0 Å². The number of esters is 1. The summed E-state index contributed by atoms with van der Waals surface area (Å²) in [5.74, 6) is -0.178. The third kappa shape index (κ3) is 5.91. The summed E-state index contributed by atoms with van der Waals surface area (Å²) in [7, 11) is 0. The van der Waals surface area contributed by atoms with Crippen LogP contribution in [-0.4, -0.2) is 18.2 Å². The van der Waals surface area contributed by atoms with Gasteiger partial charge in [0.15, 0.2) is 6.17 Å². The molecule has 1 fully saturated rings. The van der Waals surface area contributed by atoms with Crippen molar-refractivity contribution in [2.24, 2.45) is 0 Å². The number of hydrogen-bond acceptors (Lipinski definition) is 2. The lowest BCUT2D eigenvalue weighted by Crippen LogP contribution is -2.28. The number of alkyl halides is 1. The molecule has 0 bridgehead atoms. The summed E-state index contributed by atoms with van der Waals surface area (Å²) in [5.41, 5.74) is 5.18. The zero-order valence-corrected chi connectivity index (χ0v) is 17.7. The first-order valence-electron chi connectivity index (χ1n) is 11.1. The van der Waals surface area contributed by atoms with E-state index in [1.165, 1.54) is 22.3 Å². The van der Waals surface area contributed by atoms with Crippen molar-refractivity contribution in [1.29, 1.82) is 0 Å². The molecule has 3 heteroatoms. The first-order valence-corrected chi connectivity index (χ1v) is 11.1. The Kier molecular flexibility index (Phi) is 7.85. The Balaban J connectivity index is 1.51. The summed E-state index contributed by atoms with van der Waals surface area (Å²) in [6.07, 6.45) is 4.95. The molecule has 156 valence electrons. The highest BCUT2D eigenvalue weighted by atomic mass is 19.1. The highest BCUT2D eigenvalue weighted by Gasteiger charge is 2.27. The van der Waals surface area contributed by atoms with Gasteiger partial charge in [-0.2, -0.15) is 0 Å². The van der Waals surface area contributed by atoms with Gasteiger partial charge in [0.2, 0.25) is 0 Å². The van der Waals surface area contributed by atoms with Gasteiger partial charge < -0.3 is 4.74 Å². The Morgan fingerprint density at radius 1 is 0.966 bits per heavy atom. The van der Waals surface area contributed by atoms with Crippen molar-refractivity contribution in [2.75, 3.05) is 0 Å². The standard InChI is InChI=1S/C26H33FO2/c1-3-5-6-25(27)26(28)29-24-17-15-23(16-18-24)22-13-11-21(12-14-22)20-9-7-19(4-2)8-10-20/h7-14,23-25H,3-6,15-18H2,1-2H3/t23?,24?,25-/m0/s1. The number of rotatable bonds is 8. The van der Waals surface area contributed by atoms with E-state index in [0.717, 1.165) is 44.9 Å². The SMILES string of the molecule is CCCC[C@H](F)C(=O)OC1CCC(c2ccc(-c3ccc(CC)cc3)cc2)CC1. The Hall–Kier alpha value is -2.16. The molecule has 0 heterocycles. The number of carbonyl (C=O) groups is 1. The highest BCUT2D eigenvalue weighted by molar-refractivity contribution is 5.74. The maximum atomic E-state index is 13.8. The van der Waals surface area contributed by atoms with Gasteiger partial charge in [0.05, 0.1) is 0 Å². The Morgan fingerprint density at radius 2 is 1.55 bits per heavy atom.